The molecule has 90 valence electrons. The van der Waals surface area contributed by atoms with E-state index in [1.54, 1.807) is 6.20 Å². The zero-order valence-electron chi connectivity index (χ0n) is 9.97. The SMILES string of the molecule is CN(Cc1ccnc(Cl)c1)Cc1nccn1C. The highest BCUT2D eigenvalue weighted by molar-refractivity contribution is 6.29. The molecule has 2 aromatic heterocycles. The molecule has 0 spiro atoms. The molecule has 0 aliphatic carbocycles. The van der Waals surface area contributed by atoms with Crippen molar-refractivity contribution in [3.05, 3.63) is 47.3 Å². The lowest BCUT2D eigenvalue weighted by atomic mass is 10.2. The molecule has 2 heterocycles. The van der Waals surface area contributed by atoms with Crippen LogP contribution in [0.4, 0.5) is 0 Å². The van der Waals surface area contributed by atoms with Gasteiger partial charge in [0.05, 0.1) is 6.54 Å². The minimum Gasteiger partial charge on any atom is -0.337 e. The number of hydrogen-bond donors (Lipinski definition) is 0. The number of hydrogen-bond acceptors (Lipinski definition) is 3. The van der Waals surface area contributed by atoms with Crippen molar-refractivity contribution >= 4 is 11.6 Å². The van der Waals surface area contributed by atoms with Crippen LogP contribution in [0.15, 0.2) is 30.7 Å². The van der Waals surface area contributed by atoms with Gasteiger partial charge in [-0.05, 0) is 24.7 Å². The van der Waals surface area contributed by atoms with Gasteiger partial charge in [0.15, 0.2) is 0 Å². The fourth-order valence-electron chi connectivity index (χ4n) is 1.70. The Hall–Kier alpha value is -1.39. The van der Waals surface area contributed by atoms with E-state index in [2.05, 4.69) is 21.9 Å². The molecule has 0 atom stereocenters. The maximum absolute atomic E-state index is 5.85. The van der Waals surface area contributed by atoms with Gasteiger partial charge in [-0.3, -0.25) is 4.90 Å². The lowest BCUT2D eigenvalue weighted by Gasteiger charge is -2.16. The molecule has 0 aromatic carbocycles. The second kappa shape index (κ2) is 5.29. The lowest BCUT2D eigenvalue weighted by Crippen LogP contribution is -2.19. The van der Waals surface area contributed by atoms with E-state index in [1.165, 1.54) is 0 Å². The number of halogens is 1. The highest BCUT2D eigenvalue weighted by Gasteiger charge is 2.05. The Labute approximate surface area is 106 Å². The van der Waals surface area contributed by atoms with Crippen molar-refractivity contribution in [2.24, 2.45) is 7.05 Å². The normalized spacial score (nSPS) is 11.1. The molecule has 0 aliphatic rings. The summed E-state index contributed by atoms with van der Waals surface area (Å²) in [5.41, 5.74) is 1.15. The van der Waals surface area contributed by atoms with Crippen molar-refractivity contribution in [2.75, 3.05) is 7.05 Å². The van der Waals surface area contributed by atoms with E-state index >= 15 is 0 Å². The van der Waals surface area contributed by atoms with Crippen LogP contribution >= 0.6 is 11.6 Å². The van der Waals surface area contributed by atoms with Crippen molar-refractivity contribution in [1.82, 2.24) is 19.4 Å². The maximum Gasteiger partial charge on any atom is 0.129 e. The van der Waals surface area contributed by atoms with Crippen LogP contribution in [0.5, 0.6) is 0 Å². The molecule has 0 radical (unpaired) electrons. The molecule has 0 saturated carbocycles. The topological polar surface area (TPSA) is 34.0 Å². The maximum atomic E-state index is 5.85. The van der Waals surface area contributed by atoms with E-state index in [-0.39, 0.29) is 0 Å². The third-order valence-corrected chi connectivity index (χ3v) is 2.78. The molecule has 0 N–H and O–H groups in total. The van der Waals surface area contributed by atoms with Crippen LogP contribution in [0.1, 0.15) is 11.4 Å². The van der Waals surface area contributed by atoms with E-state index in [4.69, 9.17) is 11.6 Å². The minimum atomic E-state index is 0.535. The van der Waals surface area contributed by atoms with E-state index in [0.29, 0.717) is 5.15 Å². The lowest BCUT2D eigenvalue weighted by molar-refractivity contribution is 0.307. The summed E-state index contributed by atoms with van der Waals surface area (Å²) in [5.74, 6) is 1.05. The molecule has 2 aromatic rings. The summed E-state index contributed by atoms with van der Waals surface area (Å²) in [6.07, 6.45) is 5.49. The molecule has 0 saturated heterocycles. The summed E-state index contributed by atoms with van der Waals surface area (Å²) in [6.45, 7) is 1.64. The molecule has 0 aliphatic heterocycles. The Balaban J connectivity index is 1.98. The summed E-state index contributed by atoms with van der Waals surface area (Å²) in [6, 6.07) is 3.86. The standard InChI is InChI=1S/C12H15ClN4/c1-16(9-12-15-5-6-17(12)2)8-10-3-4-14-11(13)7-10/h3-7H,8-9H2,1-2H3. The molecule has 0 unspecified atom stereocenters. The van der Waals surface area contributed by atoms with Crippen molar-refractivity contribution in [3.63, 3.8) is 0 Å². The average molecular weight is 251 g/mol. The smallest absolute Gasteiger partial charge is 0.129 e. The van der Waals surface area contributed by atoms with Crippen molar-refractivity contribution < 1.29 is 0 Å². The van der Waals surface area contributed by atoms with Crippen LogP contribution in [0.2, 0.25) is 5.15 Å². The molecule has 0 amide bonds. The molecule has 5 heteroatoms. The Morgan fingerprint density at radius 2 is 2.12 bits per heavy atom. The fourth-order valence-corrected chi connectivity index (χ4v) is 1.90. The van der Waals surface area contributed by atoms with Gasteiger partial charge in [0.2, 0.25) is 0 Å². The molecule has 17 heavy (non-hydrogen) atoms. The summed E-state index contributed by atoms with van der Waals surface area (Å²) < 4.78 is 2.02. The molecule has 0 fully saturated rings. The first-order chi connectivity index (χ1) is 8.15. The zero-order chi connectivity index (χ0) is 12.3. The number of aromatic nitrogens is 3. The van der Waals surface area contributed by atoms with Crippen LogP contribution in [-0.4, -0.2) is 26.5 Å². The first-order valence-electron chi connectivity index (χ1n) is 5.40. The van der Waals surface area contributed by atoms with Crippen molar-refractivity contribution in [1.29, 1.82) is 0 Å². The van der Waals surface area contributed by atoms with Gasteiger partial charge in [-0.1, -0.05) is 11.6 Å². The van der Waals surface area contributed by atoms with Gasteiger partial charge in [-0.25, -0.2) is 9.97 Å². The molecular formula is C12H15ClN4. The predicted octanol–water partition coefficient (Wildman–Crippen LogP) is 2.10. The van der Waals surface area contributed by atoms with Crippen LogP contribution < -0.4 is 0 Å². The van der Waals surface area contributed by atoms with Gasteiger partial charge in [-0.2, -0.15) is 0 Å². The Bertz CT molecular complexity index is 495. The third kappa shape index (κ3) is 3.28. The summed E-state index contributed by atoms with van der Waals surface area (Å²) in [7, 11) is 4.06. The van der Waals surface area contributed by atoms with E-state index in [1.807, 2.05) is 36.1 Å². The van der Waals surface area contributed by atoms with Crippen LogP contribution in [0.25, 0.3) is 0 Å². The highest BCUT2D eigenvalue weighted by atomic mass is 35.5. The number of pyridine rings is 1. The molecule has 2 rings (SSSR count). The van der Waals surface area contributed by atoms with Gasteiger partial charge in [0, 0.05) is 32.2 Å². The van der Waals surface area contributed by atoms with E-state index in [9.17, 15) is 0 Å². The molecule has 4 nitrogen and oxygen atoms in total. The summed E-state index contributed by atoms with van der Waals surface area (Å²) in [4.78, 5) is 10.5. The van der Waals surface area contributed by atoms with Crippen molar-refractivity contribution in [3.8, 4) is 0 Å². The van der Waals surface area contributed by atoms with Gasteiger partial charge in [0.25, 0.3) is 0 Å². The number of aryl methyl sites for hydroxylation is 1. The summed E-state index contributed by atoms with van der Waals surface area (Å²) >= 11 is 5.85. The summed E-state index contributed by atoms with van der Waals surface area (Å²) in [5, 5.41) is 0.535. The van der Waals surface area contributed by atoms with Gasteiger partial charge < -0.3 is 4.57 Å². The van der Waals surface area contributed by atoms with Crippen molar-refractivity contribution in [2.45, 2.75) is 13.1 Å². The Morgan fingerprint density at radius 3 is 2.76 bits per heavy atom. The number of rotatable bonds is 4. The fraction of sp³-hybridized carbons (Fsp3) is 0.333. The van der Waals surface area contributed by atoms with Crippen LogP contribution in [0.3, 0.4) is 0 Å². The van der Waals surface area contributed by atoms with Gasteiger partial charge in [-0.15, -0.1) is 0 Å². The second-order valence-corrected chi connectivity index (χ2v) is 4.50. The average Bonchev–Trinajstić information content (AvgIpc) is 2.64. The predicted molar refractivity (Wildman–Crippen MR) is 67.6 cm³/mol. The first-order valence-corrected chi connectivity index (χ1v) is 5.78. The Kier molecular flexibility index (Phi) is 3.76. The highest BCUT2D eigenvalue weighted by Crippen LogP contribution is 2.10. The number of nitrogens with zero attached hydrogens (tertiary/aromatic N) is 4. The first kappa shape index (κ1) is 12.1. The van der Waals surface area contributed by atoms with Gasteiger partial charge in [0.1, 0.15) is 11.0 Å². The number of imidazole rings is 1. The largest absolute Gasteiger partial charge is 0.337 e. The monoisotopic (exact) mass is 250 g/mol. The zero-order valence-corrected chi connectivity index (χ0v) is 10.7. The molecular weight excluding hydrogens is 236 g/mol. The van der Waals surface area contributed by atoms with Crippen LogP contribution in [-0.2, 0) is 20.1 Å². The quantitative estimate of drug-likeness (QED) is 0.780. The third-order valence-electron chi connectivity index (χ3n) is 2.58. The second-order valence-electron chi connectivity index (χ2n) is 4.11. The van der Waals surface area contributed by atoms with Gasteiger partial charge >= 0.3 is 0 Å². The Morgan fingerprint density at radius 1 is 1.29 bits per heavy atom. The van der Waals surface area contributed by atoms with E-state index in [0.717, 1.165) is 24.5 Å². The molecule has 0 bridgehead atoms. The minimum absolute atomic E-state index is 0.535. The van der Waals surface area contributed by atoms with Crippen LogP contribution in [0, 0.1) is 0 Å². The van der Waals surface area contributed by atoms with E-state index < -0.39 is 0 Å².